The van der Waals surface area contributed by atoms with Gasteiger partial charge in [-0.1, -0.05) is 5.16 Å². The smallest absolute Gasteiger partial charge is 0.170 e. The van der Waals surface area contributed by atoms with Crippen LogP contribution >= 0.6 is 0 Å². The SMILES string of the molecule is CC(C)N(CCO)c1cc(/C(N)=N/O)ccn1. The molecule has 1 aromatic heterocycles. The Hall–Kier alpha value is -1.82. The lowest BCUT2D eigenvalue weighted by Gasteiger charge is -2.27. The molecule has 6 nitrogen and oxygen atoms in total. The number of nitrogens with two attached hydrogens (primary N) is 1. The van der Waals surface area contributed by atoms with Crippen molar-refractivity contribution in [3.8, 4) is 0 Å². The molecule has 0 atom stereocenters. The molecule has 0 aliphatic carbocycles. The van der Waals surface area contributed by atoms with Crippen LogP contribution in [0.4, 0.5) is 5.82 Å². The highest BCUT2D eigenvalue weighted by atomic mass is 16.4. The van der Waals surface area contributed by atoms with E-state index < -0.39 is 0 Å². The van der Waals surface area contributed by atoms with Crippen LogP contribution in [-0.2, 0) is 0 Å². The fourth-order valence-electron chi connectivity index (χ4n) is 1.54. The van der Waals surface area contributed by atoms with Crippen molar-refractivity contribution in [2.75, 3.05) is 18.1 Å². The Kier molecular flexibility index (Phi) is 4.71. The first-order valence-electron chi connectivity index (χ1n) is 5.41. The molecule has 1 rings (SSSR count). The number of oxime groups is 1. The molecule has 0 saturated carbocycles. The molecular formula is C11H18N4O2. The van der Waals surface area contributed by atoms with E-state index in [-0.39, 0.29) is 18.5 Å². The number of nitrogens with zero attached hydrogens (tertiary/aromatic N) is 3. The van der Waals surface area contributed by atoms with Crippen LogP contribution in [0.2, 0.25) is 0 Å². The number of anilines is 1. The number of hydrogen-bond acceptors (Lipinski definition) is 5. The molecule has 0 spiro atoms. The molecule has 0 radical (unpaired) electrons. The van der Waals surface area contributed by atoms with Crippen LogP contribution in [0, 0.1) is 0 Å². The molecule has 0 fully saturated rings. The van der Waals surface area contributed by atoms with Gasteiger partial charge in [0.1, 0.15) is 5.82 Å². The maximum atomic E-state index is 9.01. The lowest BCUT2D eigenvalue weighted by atomic mass is 10.2. The van der Waals surface area contributed by atoms with Gasteiger partial charge < -0.3 is 20.9 Å². The van der Waals surface area contributed by atoms with Crippen molar-refractivity contribution in [3.05, 3.63) is 23.9 Å². The van der Waals surface area contributed by atoms with Crippen molar-refractivity contribution < 1.29 is 10.3 Å². The summed E-state index contributed by atoms with van der Waals surface area (Å²) in [6, 6.07) is 3.60. The number of rotatable bonds is 5. The molecule has 6 heteroatoms. The van der Waals surface area contributed by atoms with E-state index in [0.717, 1.165) is 0 Å². The maximum Gasteiger partial charge on any atom is 0.170 e. The summed E-state index contributed by atoms with van der Waals surface area (Å²) in [6.45, 7) is 4.55. The van der Waals surface area contributed by atoms with Gasteiger partial charge in [0.05, 0.1) is 6.61 Å². The van der Waals surface area contributed by atoms with E-state index in [4.69, 9.17) is 16.0 Å². The number of aliphatic hydroxyl groups excluding tert-OH is 1. The second-order valence-corrected chi connectivity index (χ2v) is 3.90. The van der Waals surface area contributed by atoms with E-state index in [1.54, 1.807) is 18.3 Å². The molecule has 0 aliphatic heterocycles. The summed E-state index contributed by atoms with van der Waals surface area (Å²) < 4.78 is 0. The maximum absolute atomic E-state index is 9.01. The van der Waals surface area contributed by atoms with Crippen molar-refractivity contribution >= 4 is 11.7 Å². The minimum Gasteiger partial charge on any atom is -0.409 e. The second kappa shape index (κ2) is 6.05. The Bertz CT molecular complexity index is 393. The van der Waals surface area contributed by atoms with Crippen molar-refractivity contribution in [2.24, 2.45) is 10.9 Å². The third-order valence-electron chi connectivity index (χ3n) is 2.41. The Morgan fingerprint density at radius 3 is 2.82 bits per heavy atom. The van der Waals surface area contributed by atoms with Gasteiger partial charge in [-0.25, -0.2) is 4.98 Å². The fraction of sp³-hybridized carbons (Fsp3) is 0.455. The van der Waals surface area contributed by atoms with Crippen LogP contribution < -0.4 is 10.6 Å². The molecule has 94 valence electrons. The molecule has 17 heavy (non-hydrogen) atoms. The topological polar surface area (TPSA) is 95.0 Å². The van der Waals surface area contributed by atoms with E-state index in [2.05, 4.69) is 10.1 Å². The fourth-order valence-corrected chi connectivity index (χ4v) is 1.54. The lowest BCUT2D eigenvalue weighted by molar-refractivity contribution is 0.298. The molecule has 0 aliphatic rings. The van der Waals surface area contributed by atoms with E-state index in [1.807, 2.05) is 18.7 Å². The quantitative estimate of drug-likeness (QED) is 0.298. The van der Waals surface area contributed by atoms with E-state index in [1.165, 1.54) is 0 Å². The van der Waals surface area contributed by atoms with E-state index in [0.29, 0.717) is 17.9 Å². The molecule has 0 saturated heterocycles. The van der Waals surface area contributed by atoms with Crippen molar-refractivity contribution in [2.45, 2.75) is 19.9 Å². The molecule has 0 amide bonds. The van der Waals surface area contributed by atoms with Crippen LogP contribution in [0.5, 0.6) is 0 Å². The highest BCUT2D eigenvalue weighted by Crippen LogP contribution is 2.15. The summed E-state index contributed by atoms with van der Waals surface area (Å²) in [5, 5.41) is 20.6. The minimum absolute atomic E-state index is 0.0429. The highest BCUT2D eigenvalue weighted by Gasteiger charge is 2.12. The number of aliphatic hydroxyl groups is 1. The van der Waals surface area contributed by atoms with Gasteiger partial charge in [0, 0.05) is 24.3 Å². The average Bonchev–Trinajstić information content (AvgIpc) is 2.34. The first kappa shape index (κ1) is 13.2. The van der Waals surface area contributed by atoms with Gasteiger partial charge in [-0.15, -0.1) is 0 Å². The van der Waals surface area contributed by atoms with Gasteiger partial charge in [-0.3, -0.25) is 0 Å². The summed E-state index contributed by atoms with van der Waals surface area (Å²) in [5.74, 6) is 0.736. The predicted molar refractivity (Wildman–Crippen MR) is 66.3 cm³/mol. The van der Waals surface area contributed by atoms with Crippen molar-refractivity contribution in [1.82, 2.24) is 4.98 Å². The van der Waals surface area contributed by atoms with Crippen molar-refractivity contribution in [3.63, 3.8) is 0 Å². The number of amidine groups is 1. The summed E-state index contributed by atoms with van der Waals surface area (Å²) >= 11 is 0. The zero-order chi connectivity index (χ0) is 12.8. The highest BCUT2D eigenvalue weighted by molar-refractivity contribution is 5.97. The van der Waals surface area contributed by atoms with Crippen LogP contribution in [0.1, 0.15) is 19.4 Å². The Balaban J connectivity index is 3.04. The van der Waals surface area contributed by atoms with Gasteiger partial charge >= 0.3 is 0 Å². The van der Waals surface area contributed by atoms with Crippen LogP contribution in [0.3, 0.4) is 0 Å². The standard InChI is InChI=1S/C11H18N4O2/c1-8(2)15(5-6-16)10-7-9(3-4-13-10)11(12)14-17/h3-4,7-8,16-17H,5-6H2,1-2H3,(H2,12,14). The normalized spacial score (nSPS) is 11.9. The van der Waals surface area contributed by atoms with Crippen LogP contribution in [0.25, 0.3) is 0 Å². The zero-order valence-corrected chi connectivity index (χ0v) is 10.0. The van der Waals surface area contributed by atoms with E-state index in [9.17, 15) is 0 Å². The van der Waals surface area contributed by atoms with E-state index >= 15 is 0 Å². The molecule has 1 aromatic rings. The molecule has 0 unspecified atom stereocenters. The largest absolute Gasteiger partial charge is 0.409 e. The molecule has 1 heterocycles. The molecule has 0 aromatic carbocycles. The monoisotopic (exact) mass is 238 g/mol. The third-order valence-corrected chi connectivity index (χ3v) is 2.41. The zero-order valence-electron chi connectivity index (χ0n) is 10.0. The number of pyridine rings is 1. The number of aromatic nitrogens is 1. The molecule has 4 N–H and O–H groups in total. The van der Waals surface area contributed by atoms with Crippen LogP contribution in [-0.4, -0.2) is 40.3 Å². The van der Waals surface area contributed by atoms with Gasteiger partial charge in [-0.05, 0) is 26.0 Å². The van der Waals surface area contributed by atoms with Gasteiger partial charge in [0.15, 0.2) is 5.84 Å². The summed E-state index contributed by atoms with van der Waals surface area (Å²) in [6.07, 6.45) is 1.59. The molecular weight excluding hydrogens is 220 g/mol. The predicted octanol–water partition coefficient (Wildman–Crippen LogP) is 0.383. The third kappa shape index (κ3) is 3.32. The first-order chi connectivity index (χ1) is 8.10. The first-order valence-corrected chi connectivity index (χ1v) is 5.41. The Labute approximate surface area is 100 Å². The van der Waals surface area contributed by atoms with Gasteiger partial charge in [0.2, 0.25) is 0 Å². The van der Waals surface area contributed by atoms with Crippen molar-refractivity contribution in [1.29, 1.82) is 0 Å². The van der Waals surface area contributed by atoms with Gasteiger partial charge in [-0.2, -0.15) is 0 Å². The summed E-state index contributed by atoms with van der Waals surface area (Å²) in [4.78, 5) is 6.16. The lowest BCUT2D eigenvalue weighted by Crippen LogP contribution is -2.34. The average molecular weight is 238 g/mol. The summed E-state index contributed by atoms with van der Waals surface area (Å²) in [5.41, 5.74) is 6.12. The Morgan fingerprint density at radius 2 is 2.29 bits per heavy atom. The second-order valence-electron chi connectivity index (χ2n) is 3.90. The Morgan fingerprint density at radius 1 is 1.59 bits per heavy atom. The molecule has 0 bridgehead atoms. The number of hydrogen-bond donors (Lipinski definition) is 3. The minimum atomic E-state index is 0.0429. The summed E-state index contributed by atoms with van der Waals surface area (Å²) in [7, 11) is 0. The van der Waals surface area contributed by atoms with Crippen LogP contribution in [0.15, 0.2) is 23.5 Å². The van der Waals surface area contributed by atoms with Gasteiger partial charge in [0.25, 0.3) is 0 Å².